The molecule has 0 aromatic rings. The second kappa shape index (κ2) is 6.80. The number of likely N-dealkylation sites (N-methyl/N-ethyl adjacent to an activating group) is 1. The largest absolute Gasteiger partial charge is 0.374 e. The van der Waals surface area contributed by atoms with Crippen LogP contribution < -0.4 is 0 Å². The normalized spacial score (nSPS) is 9.27. The molecule has 0 aliphatic heterocycles. The van der Waals surface area contributed by atoms with E-state index in [2.05, 4.69) is 9.78 Å². The Balaban J connectivity index is 3.75. The van der Waals surface area contributed by atoms with Crippen LogP contribution in [0.4, 0.5) is 0 Å². The van der Waals surface area contributed by atoms with Crippen molar-refractivity contribution in [3.63, 3.8) is 0 Å². The molecule has 0 radical (unpaired) electrons. The molecule has 0 heterocycles. The van der Waals surface area contributed by atoms with Crippen molar-refractivity contribution >= 4 is 17.8 Å². The molecule has 0 aromatic heterocycles. The van der Waals surface area contributed by atoms with Crippen molar-refractivity contribution in [2.24, 2.45) is 0 Å². The Hall–Kier alpha value is -1.59. The van der Waals surface area contributed by atoms with Crippen molar-refractivity contribution in [2.75, 3.05) is 13.6 Å². The van der Waals surface area contributed by atoms with Crippen molar-refractivity contribution in [3.8, 4) is 0 Å². The molecule has 0 spiro atoms. The van der Waals surface area contributed by atoms with Crippen LogP contribution in [-0.2, 0) is 24.2 Å². The fourth-order valence-electron chi connectivity index (χ4n) is 0.670. The van der Waals surface area contributed by atoms with Crippen LogP contribution in [0.15, 0.2) is 0 Å². The van der Waals surface area contributed by atoms with Crippen LogP contribution in [0, 0.1) is 0 Å². The summed E-state index contributed by atoms with van der Waals surface area (Å²) in [5.74, 6) is -1.65. The molecule has 15 heavy (non-hydrogen) atoms. The van der Waals surface area contributed by atoms with Gasteiger partial charge in [-0.2, -0.15) is 0 Å². The van der Waals surface area contributed by atoms with Gasteiger partial charge >= 0.3 is 11.9 Å². The highest BCUT2D eigenvalue weighted by molar-refractivity contribution is 5.80. The second-order valence-electron chi connectivity index (χ2n) is 3.04. The van der Waals surface area contributed by atoms with Crippen LogP contribution in [0.1, 0.15) is 26.7 Å². The number of nitrogens with zero attached hydrogens (tertiary/aromatic N) is 1. The molecule has 0 atom stereocenters. The van der Waals surface area contributed by atoms with Crippen molar-refractivity contribution in [1.82, 2.24) is 4.90 Å². The summed E-state index contributed by atoms with van der Waals surface area (Å²) in [5, 5.41) is 0. The molecular formula is C9H15NO5. The topological polar surface area (TPSA) is 72.9 Å². The van der Waals surface area contributed by atoms with Gasteiger partial charge in [-0.25, -0.2) is 19.4 Å². The number of rotatable bonds is 4. The maximum Gasteiger partial charge on any atom is 0.374 e. The van der Waals surface area contributed by atoms with Gasteiger partial charge in [0.1, 0.15) is 6.54 Å². The maximum absolute atomic E-state index is 11.0. The molecule has 0 aromatic carbocycles. The maximum atomic E-state index is 11.0. The SMILES string of the molecule is CCCC(=O)OOC(=O)CN(C)C(C)=O. The van der Waals surface area contributed by atoms with Gasteiger partial charge in [-0.3, -0.25) is 4.79 Å². The van der Waals surface area contributed by atoms with Gasteiger partial charge in [0.25, 0.3) is 0 Å². The third-order valence-corrected chi connectivity index (χ3v) is 1.59. The number of hydrogen-bond donors (Lipinski definition) is 0. The van der Waals surface area contributed by atoms with Crippen molar-refractivity contribution in [2.45, 2.75) is 26.7 Å². The van der Waals surface area contributed by atoms with Crippen LogP contribution in [-0.4, -0.2) is 36.3 Å². The van der Waals surface area contributed by atoms with Gasteiger partial charge < -0.3 is 4.90 Å². The van der Waals surface area contributed by atoms with Gasteiger partial charge in [-0.15, -0.1) is 0 Å². The smallest absolute Gasteiger partial charge is 0.335 e. The summed E-state index contributed by atoms with van der Waals surface area (Å²) < 4.78 is 0. The van der Waals surface area contributed by atoms with E-state index in [9.17, 15) is 14.4 Å². The zero-order chi connectivity index (χ0) is 11.8. The highest BCUT2D eigenvalue weighted by Gasteiger charge is 2.13. The van der Waals surface area contributed by atoms with Crippen LogP contribution >= 0.6 is 0 Å². The lowest BCUT2D eigenvalue weighted by Gasteiger charge is -2.12. The number of amides is 1. The van der Waals surface area contributed by atoms with Gasteiger partial charge in [0, 0.05) is 20.4 Å². The fraction of sp³-hybridized carbons (Fsp3) is 0.667. The number of carbonyl (C=O) groups is 3. The van der Waals surface area contributed by atoms with Gasteiger partial charge in [0.05, 0.1) is 0 Å². The highest BCUT2D eigenvalue weighted by atomic mass is 17.2. The molecular weight excluding hydrogens is 202 g/mol. The summed E-state index contributed by atoms with van der Waals surface area (Å²) in [7, 11) is 1.44. The third kappa shape index (κ3) is 6.48. The lowest BCUT2D eigenvalue weighted by atomic mass is 10.3. The summed E-state index contributed by atoms with van der Waals surface area (Å²) in [6.07, 6.45) is 0.805. The molecule has 0 fully saturated rings. The van der Waals surface area contributed by atoms with E-state index in [-0.39, 0.29) is 18.9 Å². The molecule has 6 nitrogen and oxygen atoms in total. The Bertz CT molecular complexity index is 251. The van der Waals surface area contributed by atoms with Crippen LogP contribution in [0.25, 0.3) is 0 Å². The summed E-state index contributed by atoms with van der Waals surface area (Å²) in [4.78, 5) is 42.0. The average Bonchev–Trinajstić information content (AvgIpc) is 2.15. The first kappa shape index (κ1) is 13.4. The summed E-state index contributed by atoms with van der Waals surface area (Å²) in [5.41, 5.74) is 0. The highest BCUT2D eigenvalue weighted by Crippen LogP contribution is 1.93. The summed E-state index contributed by atoms with van der Waals surface area (Å²) in [6, 6.07) is 0. The zero-order valence-corrected chi connectivity index (χ0v) is 9.11. The van der Waals surface area contributed by atoms with Crippen molar-refractivity contribution in [3.05, 3.63) is 0 Å². The Morgan fingerprint density at radius 3 is 2.13 bits per heavy atom. The molecule has 6 heteroatoms. The molecule has 1 amide bonds. The second-order valence-corrected chi connectivity index (χ2v) is 3.04. The van der Waals surface area contributed by atoms with E-state index in [4.69, 9.17) is 0 Å². The van der Waals surface area contributed by atoms with Crippen LogP contribution in [0.3, 0.4) is 0 Å². The number of carbonyl (C=O) groups excluding carboxylic acids is 3. The van der Waals surface area contributed by atoms with Crippen LogP contribution in [0.2, 0.25) is 0 Å². The standard InChI is InChI=1S/C9H15NO5/c1-4-5-8(12)14-15-9(13)6-10(3)7(2)11/h4-6H2,1-3H3. The molecule has 0 saturated carbocycles. The Kier molecular flexibility index (Phi) is 6.08. The monoisotopic (exact) mass is 217 g/mol. The lowest BCUT2D eigenvalue weighted by molar-refractivity contribution is -0.259. The van der Waals surface area contributed by atoms with Gasteiger partial charge in [0.2, 0.25) is 5.91 Å². The predicted octanol–water partition coefficient (Wildman–Crippen LogP) is 0.266. The van der Waals surface area contributed by atoms with E-state index in [1.165, 1.54) is 14.0 Å². The summed E-state index contributed by atoms with van der Waals surface area (Å²) in [6.45, 7) is 2.87. The Morgan fingerprint density at radius 1 is 1.13 bits per heavy atom. The molecule has 0 saturated heterocycles. The summed E-state index contributed by atoms with van der Waals surface area (Å²) >= 11 is 0. The first-order valence-electron chi connectivity index (χ1n) is 4.59. The average molecular weight is 217 g/mol. The Morgan fingerprint density at radius 2 is 1.67 bits per heavy atom. The van der Waals surface area contributed by atoms with Gasteiger partial charge in [0.15, 0.2) is 0 Å². The quantitative estimate of drug-likeness (QED) is 0.499. The minimum absolute atomic E-state index is 0.190. The van der Waals surface area contributed by atoms with E-state index >= 15 is 0 Å². The Labute approximate surface area is 88.1 Å². The van der Waals surface area contributed by atoms with Crippen molar-refractivity contribution < 1.29 is 24.2 Å². The van der Waals surface area contributed by atoms with Gasteiger partial charge in [-0.05, 0) is 6.42 Å². The van der Waals surface area contributed by atoms with E-state index in [1.807, 2.05) is 0 Å². The molecule has 0 aliphatic rings. The van der Waals surface area contributed by atoms with Crippen molar-refractivity contribution in [1.29, 1.82) is 0 Å². The van der Waals surface area contributed by atoms with E-state index in [0.29, 0.717) is 6.42 Å². The third-order valence-electron chi connectivity index (χ3n) is 1.59. The van der Waals surface area contributed by atoms with E-state index < -0.39 is 11.9 Å². The minimum atomic E-state index is -0.780. The predicted molar refractivity (Wildman–Crippen MR) is 50.4 cm³/mol. The lowest BCUT2D eigenvalue weighted by Crippen LogP contribution is -2.31. The first-order valence-corrected chi connectivity index (χ1v) is 4.59. The molecule has 0 rings (SSSR count). The molecule has 0 bridgehead atoms. The zero-order valence-electron chi connectivity index (χ0n) is 9.11. The minimum Gasteiger partial charge on any atom is -0.335 e. The molecule has 0 unspecified atom stereocenters. The fourth-order valence-corrected chi connectivity index (χ4v) is 0.670. The molecule has 0 aliphatic carbocycles. The van der Waals surface area contributed by atoms with E-state index in [0.717, 1.165) is 4.90 Å². The number of hydrogen-bond acceptors (Lipinski definition) is 5. The van der Waals surface area contributed by atoms with E-state index in [1.54, 1.807) is 6.92 Å². The molecule has 0 N–H and O–H groups in total. The molecule has 86 valence electrons. The van der Waals surface area contributed by atoms with Gasteiger partial charge in [-0.1, -0.05) is 6.92 Å². The first-order chi connectivity index (χ1) is 6.97. The van der Waals surface area contributed by atoms with Crippen LogP contribution in [0.5, 0.6) is 0 Å².